The molecule has 1 aliphatic rings. The van der Waals surface area contributed by atoms with E-state index in [0.29, 0.717) is 19.0 Å². The topological polar surface area (TPSA) is 68.8 Å². The van der Waals surface area contributed by atoms with E-state index in [1.165, 1.54) is 6.07 Å². The Labute approximate surface area is 161 Å². The second kappa shape index (κ2) is 9.58. The van der Waals surface area contributed by atoms with Gasteiger partial charge in [0.2, 0.25) is 5.91 Å². The Morgan fingerprint density at radius 1 is 1.30 bits per heavy atom. The van der Waals surface area contributed by atoms with Crippen molar-refractivity contribution in [3.63, 3.8) is 0 Å². The highest BCUT2D eigenvalue weighted by Crippen LogP contribution is 2.20. The largest absolute Gasteiger partial charge is 0.369 e. The number of amides is 1. The number of nitrogens with zero attached hydrogens (tertiary/aromatic N) is 2. The molecule has 150 valence electrons. The van der Waals surface area contributed by atoms with Gasteiger partial charge < -0.3 is 20.9 Å². The van der Waals surface area contributed by atoms with Crippen LogP contribution >= 0.6 is 0 Å². The van der Waals surface area contributed by atoms with Crippen LogP contribution < -0.4 is 20.9 Å². The van der Waals surface area contributed by atoms with E-state index in [4.69, 9.17) is 0 Å². The normalized spacial score (nSPS) is 18.2. The third-order valence-electron chi connectivity index (χ3n) is 4.54. The van der Waals surface area contributed by atoms with Gasteiger partial charge in [-0.25, -0.2) is 4.39 Å². The standard InChI is InChI=1S/C20H32FN5O/c1-20(2,3)18(27)23-10-11-24-19(22-4)25-16-8-6-12-26(14-16)17-9-5-7-15(21)13-17/h5,7,9,13,16H,6,8,10-12,14H2,1-4H3,(H,23,27)(H2,22,24,25). The summed E-state index contributed by atoms with van der Waals surface area (Å²) in [6.07, 6.45) is 2.07. The van der Waals surface area contributed by atoms with Crippen molar-refractivity contribution in [2.45, 2.75) is 39.7 Å². The van der Waals surface area contributed by atoms with Crippen molar-refractivity contribution in [1.29, 1.82) is 0 Å². The number of hydrogen-bond acceptors (Lipinski definition) is 3. The number of hydrogen-bond donors (Lipinski definition) is 3. The molecule has 3 N–H and O–H groups in total. The van der Waals surface area contributed by atoms with Crippen molar-refractivity contribution in [3.8, 4) is 0 Å². The number of benzene rings is 1. The zero-order valence-corrected chi connectivity index (χ0v) is 16.8. The summed E-state index contributed by atoms with van der Waals surface area (Å²) in [5, 5.41) is 9.57. The van der Waals surface area contributed by atoms with E-state index in [1.54, 1.807) is 19.2 Å². The molecule has 7 heteroatoms. The highest BCUT2D eigenvalue weighted by Gasteiger charge is 2.22. The number of aliphatic imine (C=N–C) groups is 1. The molecule has 0 aromatic heterocycles. The smallest absolute Gasteiger partial charge is 0.225 e. The summed E-state index contributed by atoms with van der Waals surface area (Å²) in [6, 6.07) is 6.96. The van der Waals surface area contributed by atoms with Gasteiger partial charge in [-0.2, -0.15) is 0 Å². The Morgan fingerprint density at radius 3 is 2.70 bits per heavy atom. The molecule has 0 spiro atoms. The Kier molecular flexibility index (Phi) is 7.45. The molecule has 1 amide bonds. The predicted octanol–water partition coefficient (Wildman–Crippen LogP) is 2.12. The van der Waals surface area contributed by atoms with Crippen molar-refractivity contribution < 1.29 is 9.18 Å². The molecule has 0 saturated carbocycles. The number of piperidine rings is 1. The zero-order chi connectivity index (χ0) is 19.9. The molecular weight excluding hydrogens is 345 g/mol. The number of anilines is 1. The Morgan fingerprint density at radius 2 is 2.04 bits per heavy atom. The van der Waals surface area contributed by atoms with Gasteiger partial charge in [0.15, 0.2) is 5.96 Å². The van der Waals surface area contributed by atoms with Gasteiger partial charge in [-0.3, -0.25) is 9.79 Å². The SMILES string of the molecule is CN=C(NCCNC(=O)C(C)(C)C)NC1CCCN(c2cccc(F)c2)C1. The van der Waals surface area contributed by atoms with Crippen molar-refractivity contribution in [2.24, 2.45) is 10.4 Å². The van der Waals surface area contributed by atoms with Crippen LogP contribution in [-0.4, -0.2) is 51.1 Å². The second-order valence-corrected chi connectivity index (χ2v) is 7.91. The Bertz CT molecular complexity index is 656. The van der Waals surface area contributed by atoms with Crippen molar-refractivity contribution >= 4 is 17.6 Å². The molecule has 27 heavy (non-hydrogen) atoms. The molecule has 2 rings (SSSR count). The van der Waals surface area contributed by atoms with Crippen LogP contribution in [0.2, 0.25) is 0 Å². The van der Waals surface area contributed by atoms with Crippen LogP contribution in [-0.2, 0) is 4.79 Å². The summed E-state index contributed by atoms with van der Waals surface area (Å²) in [4.78, 5) is 18.3. The quantitative estimate of drug-likeness (QED) is 0.418. The van der Waals surface area contributed by atoms with Crippen LogP contribution in [0.1, 0.15) is 33.6 Å². The molecule has 0 radical (unpaired) electrons. The fourth-order valence-electron chi connectivity index (χ4n) is 3.01. The molecule has 6 nitrogen and oxygen atoms in total. The van der Waals surface area contributed by atoms with Gasteiger partial charge in [-0.1, -0.05) is 26.8 Å². The lowest BCUT2D eigenvalue weighted by Crippen LogP contribution is -2.52. The van der Waals surface area contributed by atoms with E-state index < -0.39 is 0 Å². The molecule has 1 fully saturated rings. The monoisotopic (exact) mass is 377 g/mol. The van der Waals surface area contributed by atoms with Crippen LogP contribution in [0, 0.1) is 11.2 Å². The van der Waals surface area contributed by atoms with E-state index in [2.05, 4.69) is 25.8 Å². The fraction of sp³-hybridized carbons (Fsp3) is 0.600. The number of guanidine groups is 1. The zero-order valence-electron chi connectivity index (χ0n) is 16.8. The maximum Gasteiger partial charge on any atom is 0.225 e. The molecule has 1 aliphatic heterocycles. The first-order valence-electron chi connectivity index (χ1n) is 9.55. The van der Waals surface area contributed by atoms with Crippen molar-refractivity contribution in [2.75, 3.05) is 38.1 Å². The number of carbonyl (C=O) groups excluding carboxylic acids is 1. The number of nitrogens with one attached hydrogen (secondary N) is 3. The summed E-state index contributed by atoms with van der Waals surface area (Å²) in [6.45, 7) is 8.53. The van der Waals surface area contributed by atoms with Gasteiger partial charge in [0, 0.05) is 50.4 Å². The number of carbonyl (C=O) groups is 1. The highest BCUT2D eigenvalue weighted by molar-refractivity contribution is 5.82. The summed E-state index contributed by atoms with van der Waals surface area (Å²) in [7, 11) is 1.73. The first-order valence-corrected chi connectivity index (χ1v) is 9.55. The molecule has 1 atom stereocenters. The third kappa shape index (κ3) is 6.73. The maximum absolute atomic E-state index is 13.5. The Balaban J connectivity index is 1.79. The van der Waals surface area contributed by atoms with E-state index in [-0.39, 0.29) is 23.2 Å². The summed E-state index contributed by atoms with van der Waals surface area (Å²) in [5.41, 5.74) is 0.525. The molecule has 1 aromatic carbocycles. The predicted molar refractivity (Wildman–Crippen MR) is 109 cm³/mol. The van der Waals surface area contributed by atoms with E-state index >= 15 is 0 Å². The van der Waals surface area contributed by atoms with Gasteiger partial charge in [0.1, 0.15) is 5.82 Å². The number of rotatable bonds is 5. The van der Waals surface area contributed by atoms with Crippen molar-refractivity contribution in [1.82, 2.24) is 16.0 Å². The minimum atomic E-state index is -0.387. The first-order chi connectivity index (χ1) is 12.8. The van der Waals surface area contributed by atoms with Gasteiger partial charge in [-0.05, 0) is 31.0 Å². The van der Waals surface area contributed by atoms with E-state index in [9.17, 15) is 9.18 Å². The van der Waals surface area contributed by atoms with Crippen LogP contribution in [0.4, 0.5) is 10.1 Å². The van der Waals surface area contributed by atoms with E-state index in [1.807, 2.05) is 26.8 Å². The van der Waals surface area contributed by atoms with Crippen LogP contribution in [0.15, 0.2) is 29.3 Å². The highest BCUT2D eigenvalue weighted by atomic mass is 19.1. The lowest BCUT2D eigenvalue weighted by molar-refractivity contribution is -0.128. The van der Waals surface area contributed by atoms with Gasteiger partial charge >= 0.3 is 0 Å². The molecule has 1 aromatic rings. The molecule has 1 saturated heterocycles. The molecule has 0 bridgehead atoms. The summed E-state index contributed by atoms with van der Waals surface area (Å²) in [5.74, 6) is 0.536. The fourth-order valence-corrected chi connectivity index (χ4v) is 3.01. The summed E-state index contributed by atoms with van der Waals surface area (Å²) < 4.78 is 13.5. The van der Waals surface area contributed by atoms with Gasteiger partial charge in [0.25, 0.3) is 0 Å². The maximum atomic E-state index is 13.5. The lowest BCUT2D eigenvalue weighted by Gasteiger charge is -2.35. The third-order valence-corrected chi connectivity index (χ3v) is 4.54. The minimum Gasteiger partial charge on any atom is -0.369 e. The second-order valence-electron chi connectivity index (χ2n) is 7.91. The van der Waals surface area contributed by atoms with Crippen LogP contribution in [0.3, 0.4) is 0 Å². The van der Waals surface area contributed by atoms with Crippen LogP contribution in [0.25, 0.3) is 0 Å². The van der Waals surface area contributed by atoms with E-state index in [0.717, 1.165) is 31.6 Å². The summed E-state index contributed by atoms with van der Waals surface area (Å²) >= 11 is 0. The first kappa shape index (κ1) is 21.0. The number of halogens is 1. The molecule has 1 heterocycles. The Hall–Kier alpha value is -2.31. The van der Waals surface area contributed by atoms with Crippen LogP contribution in [0.5, 0.6) is 0 Å². The average Bonchev–Trinajstić information content (AvgIpc) is 2.63. The average molecular weight is 378 g/mol. The lowest BCUT2D eigenvalue weighted by atomic mass is 9.96. The van der Waals surface area contributed by atoms with Gasteiger partial charge in [0.05, 0.1) is 0 Å². The molecule has 0 aliphatic carbocycles. The van der Waals surface area contributed by atoms with Gasteiger partial charge in [-0.15, -0.1) is 0 Å². The molecular formula is C20H32FN5O. The van der Waals surface area contributed by atoms with Crippen molar-refractivity contribution in [3.05, 3.63) is 30.1 Å². The molecule has 1 unspecified atom stereocenters. The minimum absolute atomic E-state index is 0.0327.